The molecule has 1 aromatic heterocycles. The van der Waals surface area contributed by atoms with Gasteiger partial charge in [0.05, 0.1) is 0 Å². The fourth-order valence-corrected chi connectivity index (χ4v) is 14.3. The third-order valence-electron chi connectivity index (χ3n) is 18.1. The Morgan fingerprint density at radius 3 is 1.79 bits per heavy atom. The molecular formula is C60H61BN2. The fraction of sp³-hybridized carbons (Fsp3) is 0.367. The average molecular weight is 821 g/mol. The van der Waals surface area contributed by atoms with Gasteiger partial charge in [0, 0.05) is 60.8 Å². The molecule has 3 heterocycles. The third-order valence-corrected chi connectivity index (χ3v) is 18.1. The molecule has 0 bridgehead atoms. The van der Waals surface area contributed by atoms with Gasteiger partial charge in [-0.15, -0.1) is 0 Å². The summed E-state index contributed by atoms with van der Waals surface area (Å²) in [7, 11) is 0. The first kappa shape index (κ1) is 38.2. The van der Waals surface area contributed by atoms with Gasteiger partial charge in [-0.25, -0.2) is 0 Å². The first-order chi connectivity index (χ1) is 29.8. The maximum atomic E-state index is 2.81. The van der Waals surface area contributed by atoms with Gasteiger partial charge in [-0.05, 0) is 144 Å². The number of anilines is 2. The summed E-state index contributed by atoms with van der Waals surface area (Å²) in [6, 6.07) is 41.4. The molecule has 2 aliphatic heterocycles. The summed E-state index contributed by atoms with van der Waals surface area (Å²) in [5.41, 5.74) is 27.3. The minimum Gasteiger partial charge on any atom is -0.376 e. The van der Waals surface area contributed by atoms with Crippen molar-refractivity contribution in [3.63, 3.8) is 0 Å². The SMILES string of the molecule is CC1(C)CCC(C)(C)c2cc(N3C4=C(B5c6c3cc3c(c6-c6cccc7c8ccccc8n5c67)C(C)(C)c5ccccc5-3)C(C)(C)c3cc5c(cc34)C(C)(C)CCC5(C)C)ccc21. The summed E-state index contributed by atoms with van der Waals surface area (Å²) in [5.74, 6) is 0. The van der Waals surface area contributed by atoms with Crippen LogP contribution in [0.5, 0.6) is 0 Å². The Bertz CT molecular complexity index is 3300. The molecule has 4 aliphatic carbocycles. The highest BCUT2D eigenvalue weighted by Crippen LogP contribution is 2.62. The van der Waals surface area contributed by atoms with E-state index in [0.717, 1.165) is 0 Å². The predicted octanol–water partition coefficient (Wildman–Crippen LogP) is 14.9. The van der Waals surface area contributed by atoms with Crippen molar-refractivity contribution in [2.45, 2.75) is 141 Å². The molecule has 0 saturated heterocycles. The first-order valence-corrected chi connectivity index (χ1v) is 24.0. The minimum atomic E-state index is -0.258. The van der Waals surface area contributed by atoms with E-state index in [9.17, 15) is 0 Å². The molecule has 0 fully saturated rings. The molecule has 0 amide bonds. The van der Waals surface area contributed by atoms with Crippen molar-refractivity contribution < 1.29 is 0 Å². The number of rotatable bonds is 1. The van der Waals surface area contributed by atoms with Crippen molar-refractivity contribution >= 4 is 51.2 Å². The maximum absolute atomic E-state index is 2.81. The third kappa shape index (κ3) is 4.53. The summed E-state index contributed by atoms with van der Waals surface area (Å²) >= 11 is 0. The van der Waals surface area contributed by atoms with E-state index in [-0.39, 0.29) is 39.3 Å². The number of aromatic nitrogens is 1. The van der Waals surface area contributed by atoms with Crippen LogP contribution < -0.4 is 10.4 Å². The van der Waals surface area contributed by atoms with Gasteiger partial charge in [0.2, 0.25) is 0 Å². The molecular weight excluding hydrogens is 759 g/mol. The van der Waals surface area contributed by atoms with Crippen LogP contribution in [0.1, 0.15) is 153 Å². The molecule has 0 N–H and O–H groups in total. The van der Waals surface area contributed by atoms with Crippen LogP contribution >= 0.6 is 0 Å². The highest BCUT2D eigenvalue weighted by Gasteiger charge is 2.56. The molecule has 6 aromatic carbocycles. The Morgan fingerprint density at radius 1 is 0.460 bits per heavy atom. The quantitative estimate of drug-likeness (QED) is 0.150. The number of benzene rings is 6. The summed E-state index contributed by atoms with van der Waals surface area (Å²) in [5, 5.41) is 2.71. The molecule has 7 aromatic rings. The second-order valence-corrected chi connectivity index (χ2v) is 24.2. The monoisotopic (exact) mass is 820 g/mol. The molecule has 314 valence electrons. The lowest BCUT2D eigenvalue weighted by molar-refractivity contribution is 0.331. The lowest BCUT2D eigenvalue weighted by Gasteiger charge is -2.45. The molecule has 13 rings (SSSR count). The van der Waals surface area contributed by atoms with Gasteiger partial charge in [0.15, 0.2) is 0 Å². The van der Waals surface area contributed by atoms with E-state index in [4.69, 9.17) is 0 Å². The topological polar surface area (TPSA) is 8.17 Å². The van der Waals surface area contributed by atoms with Crippen LogP contribution in [0.25, 0.3) is 49.8 Å². The second kappa shape index (κ2) is 11.5. The lowest BCUT2D eigenvalue weighted by Crippen LogP contribution is -2.53. The Hall–Kier alpha value is -5.28. The molecule has 2 nitrogen and oxygen atoms in total. The fourth-order valence-electron chi connectivity index (χ4n) is 14.3. The minimum absolute atomic E-state index is 0.0109. The molecule has 6 aliphatic rings. The van der Waals surface area contributed by atoms with Crippen LogP contribution in [0.2, 0.25) is 0 Å². The Labute approximate surface area is 375 Å². The van der Waals surface area contributed by atoms with Crippen molar-refractivity contribution in [2.24, 2.45) is 0 Å². The molecule has 63 heavy (non-hydrogen) atoms. The molecule has 0 unspecified atom stereocenters. The van der Waals surface area contributed by atoms with Gasteiger partial charge in [0.25, 0.3) is 0 Å². The van der Waals surface area contributed by atoms with Gasteiger partial charge in [0.1, 0.15) is 0 Å². The molecule has 0 saturated carbocycles. The van der Waals surface area contributed by atoms with Gasteiger partial charge in [-0.3, -0.25) is 0 Å². The smallest absolute Gasteiger partial charge is 0.329 e. The number of hydrogen-bond acceptors (Lipinski definition) is 1. The van der Waals surface area contributed by atoms with Crippen LogP contribution in [-0.4, -0.2) is 11.3 Å². The van der Waals surface area contributed by atoms with Gasteiger partial charge in [-0.1, -0.05) is 156 Å². The van der Waals surface area contributed by atoms with E-state index in [0.29, 0.717) is 0 Å². The highest BCUT2D eigenvalue weighted by molar-refractivity contribution is 6.86. The van der Waals surface area contributed by atoms with Crippen molar-refractivity contribution in [3.05, 3.63) is 153 Å². The molecule has 0 atom stereocenters. The van der Waals surface area contributed by atoms with Crippen molar-refractivity contribution in [1.29, 1.82) is 0 Å². The first-order valence-electron chi connectivity index (χ1n) is 24.0. The number of fused-ring (bicyclic) bond motifs is 14. The second-order valence-electron chi connectivity index (χ2n) is 24.2. The lowest BCUT2D eigenvalue weighted by atomic mass is 9.40. The van der Waals surface area contributed by atoms with Crippen molar-refractivity contribution in [2.75, 3.05) is 4.90 Å². The average Bonchev–Trinajstić information content (AvgIpc) is 3.79. The zero-order chi connectivity index (χ0) is 43.7. The molecule has 0 radical (unpaired) electrons. The zero-order valence-corrected chi connectivity index (χ0v) is 39.6. The van der Waals surface area contributed by atoms with Crippen LogP contribution in [-0.2, 0) is 32.5 Å². The van der Waals surface area contributed by atoms with Crippen LogP contribution in [0.4, 0.5) is 11.4 Å². The van der Waals surface area contributed by atoms with E-state index >= 15 is 0 Å². The summed E-state index contributed by atoms with van der Waals surface area (Å²) in [6.07, 6.45) is 4.79. The maximum Gasteiger partial charge on any atom is 0.329 e. The number of allylic oxidation sites excluding steroid dienone is 1. The van der Waals surface area contributed by atoms with Crippen LogP contribution in [0, 0.1) is 0 Å². The molecule has 0 spiro atoms. The van der Waals surface area contributed by atoms with Crippen LogP contribution in [0.15, 0.2) is 109 Å². The van der Waals surface area contributed by atoms with E-state index in [1.54, 1.807) is 5.56 Å². The Kier molecular flexibility index (Phi) is 6.98. The predicted molar refractivity (Wildman–Crippen MR) is 269 cm³/mol. The van der Waals surface area contributed by atoms with E-state index in [2.05, 4.69) is 196 Å². The zero-order valence-electron chi connectivity index (χ0n) is 39.6. The van der Waals surface area contributed by atoms with Crippen LogP contribution in [0.3, 0.4) is 0 Å². The summed E-state index contributed by atoms with van der Waals surface area (Å²) < 4.78 is 2.81. The summed E-state index contributed by atoms with van der Waals surface area (Å²) in [6.45, 7) is 30.0. The van der Waals surface area contributed by atoms with Crippen molar-refractivity contribution in [3.8, 4) is 22.3 Å². The highest BCUT2D eigenvalue weighted by atomic mass is 15.2. The van der Waals surface area contributed by atoms with Gasteiger partial charge in [-0.2, -0.15) is 0 Å². The number of hydrogen-bond donors (Lipinski definition) is 0. The Morgan fingerprint density at radius 2 is 1.06 bits per heavy atom. The van der Waals surface area contributed by atoms with E-state index in [1.165, 1.54) is 137 Å². The molecule has 3 heteroatoms. The Balaban J connectivity index is 1.24. The number of nitrogens with zero attached hydrogens (tertiary/aromatic N) is 2. The normalized spacial score (nSPS) is 21.4. The van der Waals surface area contributed by atoms with Gasteiger partial charge >= 0.3 is 6.85 Å². The van der Waals surface area contributed by atoms with Gasteiger partial charge < -0.3 is 9.38 Å². The largest absolute Gasteiger partial charge is 0.376 e. The van der Waals surface area contributed by atoms with E-state index in [1.807, 2.05) is 0 Å². The standard InChI is InChI=1S/C60H61BN2/c1-55(2)26-27-56(3,4)44-30-34(24-25-42(44)55)62-48-32-39-35-18-13-15-22-41(35)59(9,10)50(39)49-38-21-17-20-37-36-19-14-16-23-47(36)63(52(37)38)61(51(48)49)54-53(62)40-31-45-46(33-43(40)60(54,11)12)58(7,8)29-28-57(45,5)6/h13-25,30-33H,26-29H2,1-12H3. The summed E-state index contributed by atoms with van der Waals surface area (Å²) in [4.78, 5) is 2.80. The number of para-hydroxylation sites is 2. The van der Waals surface area contributed by atoms with Crippen molar-refractivity contribution in [1.82, 2.24) is 4.48 Å². The van der Waals surface area contributed by atoms with E-state index < -0.39 is 0 Å².